The third-order valence-corrected chi connectivity index (χ3v) is 1.25. The largest absolute Gasteiger partial charge is 0.463 e. The summed E-state index contributed by atoms with van der Waals surface area (Å²) in [5.74, 6) is -0.625. The van der Waals surface area contributed by atoms with Crippen LogP contribution in [-0.2, 0) is 19.1 Å². The number of esters is 2. The molecule has 0 aliphatic rings. The first-order valence-corrected chi connectivity index (χ1v) is 6.82. The number of carbonyl (C=O) groups is 2. The van der Waals surface area contributed by atoms with Crippen LogP contribution >= 0.6 is 23.3 Å². The first-order valence-electron chi connectivity index (χ1n) is 5.22. The van der Waals surface area contributed by atoms with Gasteiger partial charge in [0, 0.05) is 11.1 Å². The summed E-state index contributed by atoms with van der Waals surface area (Å²) >= 11 is 6.44. The van der Waals surface area contributed by atoms with Crippen LogP contribution in [0.25, 0.3) is 0 Å². The monoisotopic (exact) mass is 294 g/mol. The van der Waals surface area contributed by atoms with Crippen molar-refractivity contribution in [3.8, 4) is 0 Å². The highest BCUT2D eigenvalue weighted by molar-refractivity contribution is 8.59. The fourth-order valence-corrected chi connectivity index (χ4v) is 0.509. The number of hydrogen-bond donors (Lipinski definition) is 2. The summed E-state index contributed by atoms with van der Waals surface area (Å²) in [6, 6.07) is 0. The molecule has 0 spiro atoms. The Morgan fingerprint density at radius 1 is 0.889 bits per heavy atom. The van der Waals surface area contributed by atoms with Gasteiger partial charge in [0.15, 0.2) is 0 Å². The fourth-order valence-electron chi connectivity index (χ4n) is 0.509. The van der Waals surface area contributed by atoms with Gasteiger partial charge in [-0.05, 0) is 27.7 Å². The molecule has 0 atom stereocenters. The lowest BCUT2D eigenvalue weighted by molar-refractivity contribution is -0.139. The first kappa shape index (κ1) is 22.3. The predicted molar refractivity (Wildman–Crippen MR) is 80.9 cm³/mol. The molecule has 6 heteroatoms. The Morgan fingerprint density at radius 2 is 1.11 bits per heavy atom. The van der Waals surface area contributed by atoms with Crippen molar-refractivity contribution in [3.63, 3.8) is 0 Å². The van der Waals surface area contributed by atoms with E-state index in [0.29, 0.717) is 24.4 Å². The minimum atomic E-state index is -0.312. The second kappa shape index (κ2) is 16.1. The summed E-state index contributed by atoms with van der Waals surface area (Å²) in [6.45, 7) is 14.4. The molecule has 0 saturated carbocycles. The van der Waals surface area contributed by atoms with Gasteiger partial charge in [-0.15, -0.1) is 23.3 Å². The molecule has 4 nitrogen and oxygen atoms in total. The highest BCUT2D eigenvalue weighted by atomic mass is 33.1. The molecule has 0 unspecified atom stereocenters. The summed E-state index contributed by atoms with van der Waals surface area (Å²) < 4.78 is 9.13. The maximum Gasteiger partial charge on any atom is 0.333 e. The van der Waals surface area contributed by atoms with Crippen LogP contribution in [0.3, 0.4) is 0 Å². The SMILES string of the molecule is C=C(C)C(=O)OCC.C=C(C)C(=O)OCC.SS. The molecule has 0 N–H and O–H groups in total. The van der Waals surface area contributed by atoms with Gasteiger partial charge in [-0.25, -0.2) is 9.59 Å². The summed E-state index contributed by atoms with van der Waals surface area (Å²) in [5.41, 5.74) is 0.902. The van der Waals surface area contributed by atoms with E-state index in [1.54, 1.807) is 27.7 Å². The van der Waals surface area contributed by atoms with Crippen molar-refractivity contribution in [1.29, 1.82) is 0 Å². The highest BCUT2D eigenvalue weighted by Crippen LogP contribution is 1.90. The van der Waals surface area contributed by atoms with E-state index in [1.807, 2.05) is 0 Å². The van der Waals surface area contributed by atoms with Crippen LogP contribution in [0, 0.1) is 0 Å². The second-order valence-corrected chi connectivity index (χ2v) is 3.00. The van der Waals surface area contributed by atoms with Crippen LogP contribution in [0.1, 0.15) is 27.7 Å². The van der Waals surface area contributed by atoms with Crippen molar-refractivity contribution in [3.05, 3.63) is 24.3 Å². The Kier molecular flexibility index (Phi) is 20.0. The molecule has 0 fully saturated rings. The lowest BCUT2D eigenvalue weighted by Crippen LogP contribution is -2.03. The topological polar surface area (TPSA) is 52.6 Å². The molecule has 0 bridgehead atoms. The normalized spacial score (nSPS) is 7.67. The third-order valence-electron chi connectivity index (χ3n) is 1.25. The third kappa shape index (κ3) is 17.5. The van der Waals surface area contributed by atoms with Gasteiger partial charge in [0.05, 0.1) is 13.2 Å². The molecule has 0 aliphatic heterocycles. The van der Waals surface area contributed by atoms with Crippen LogP contribution < -0.4 is 0 Å². The average Bonchev–Trinajstić information content (AvgIpc) is 2.33. The Labute approximate surface area is 120 Å². The standard InChI is InChI=1S/2C6H10O2.H2S2/c2*1-4-8-6(7)5(2)3;1-2/h2*2,4H2,1,3H3;1-2H. The van der Waals surface area contributed by atoms with E-state index >= 15 is 0 Å². The number of thiol groups is 2. The average molecular weight is 294 g/mol. The van der Waals surface area contributed by atoms with Gasteiger partial charge in [0.2, 0.25) is 0 Å². The van der Waals surface area contributed by atoms with Crippen LogP contribution in [0.4, 0.5) is 0 Å². The second-order valence-electron chi connectivity index (χ2n) is 3.00. The summed E-state index contributed by atoms with van der Waals surface area (Å²) in [6.07, 6.45) is 0. The van der Waals surface area contributed by atoms with Crippen LogP contribution in [-0.4, -0.2) is 25.2 Å². The molecule has 0 aromatic heterocycles. The molecule has 0 heterocycles. The molecule has 0 aliphatic carbocycles. The minimum absolute atomic E-state index is 0.312. The van der Waals surface area contributed by atoms with E-state index in [0.717, 1.165) is 0 Å². The van der Waals surface area contributed by atoms with Gasteiger partial charge in [0.1, 0.15) is 0 Å². The molecule has 18 heavy (non-hydrogen) atoms. The van der Waals surface area contributed by atoms with E-state index in [4.69, 9.17) is 0 Å². The molecule has 0 radical (unpaired) electrons. The molecule has 0 aromatic carbocycles. The van der Waals surface area contributed by atoms with E-state index < -0.39 is 0 Å². The van der Waals surface area contributed by atoms with Crippen LogP contribution in [0.15, 0.2) is 24.3 Å². The summed E-state index contributed by atoms with van der Waals surface area (Å²) in [4.78, 5) is 20.8. The van der Waals surface area contributed by atoms with Crippen molar-refractivity contribution in [2.45, 2.75) is 27.7 Å². The number of ether oxygens (including phenoxy) is 2. The Balaban J connectivity index is -0.000000219. The molecule has 0 rings (SSSR count). The van der Waals surface area contributed by atoms with Gasteiger partial charge in [-0.3, -0.25) is 0 Å². The van der Waals surface area contributed by atoms with Gasteiger partial charge in [0.25, 0.3) is 0 Å². The van der Waals surface area contributed by atoms with E-state index in [-0.39, 0.29) is 11.9 Å². The number of rotatable bonds is 4. The van der Waals surface area contributed by atoms with Gasteiger partial charge in [-0.1, -0.05) is 13.2 Å². The van der Waals surface area contributed by atoms with Gasteiger partial charge in [-0.2, -0.15) is 0 Å². The summed E-state index contributed by atoms with van der Waals surface area (Å²) in [5, 5.41) is 0. The highest BCUT2D eigenvalue weighted by Gasteiger charge is 1.98. The van der Waals surface area contributed by atoms with Crippen molar-refractivity contribution >= 4 is 35.3 Å². The zero-order valence-electron chi connectivity index (χ0n) is 11.4. The zero-order valence-corrected chi connectivity index (χ0v) is 13.1. The van der Waals surface area contributed by atoms with E-state index in [1.165, 1.54) is 0 Å². The van der Waals surface area contributed by atoms with Crippen molar-refractivity contribution < 1.29 is 19.1 Å². The smallest absolute Gasteiger partial charge is 0.333 e. The fraction of sp³-hybridized carbons (Fsp3) is 0.500. The predicted octanol–water partition coefficient (Wildman–Crippen LogP) is 3.01. The molecular weight excluding hydrogens is 272 g/mol. The lowest BCUT2D eigenvalue weighted by Gasteiger charge is -1.96. The van der Waals surface area contributed by atoms with Crippen molar-refractivity contribution in [2.24, 2.45) is 0 Å². The minimum Gasteiger partial charge on any atom is -0.463 e. The molecule has 106 valence electrons. The summed E-state index contributed by atoms with van der Waals surface area (Å²) in [7, 11) is 0. The Hall–Kier alpha value is -0.880. The van der Waals surface area contributed by atoms with Crippen molar-refractivity contribution in [2.75, 3.05) is 13.2 Å². The maximum atomic E-state index is 10.4. The van der Waals surface area contributed by atoms with E-state index in [2.05, 4.69) is 46.0 Å². The van der Waals surface area contributed by atoms with Crippen LogP contribution in [0.5, 0.6) is 0 Å². The lowest BCUT2D eigenvalue weighted by atomic mass is 10.4. The number of carbonyl (C=O) groups excluding carboxylic acids is 2. The van der Waals surface area contributed by atoms with E-state index in [9.17, 15) is 9.59 Å². The molecule has 0 saturated heterocycles. The zero-order chi connectivity index (χ0) is 15.1. The van der Waals surface area contributed by atoms with Gasteiger partial charge >= 0.3 is 11.9 Å². The quantitative estimate of drug-likeness (QED) is 0.362. The Bertz CT molecular complexity index is 247. The first-order chi connectivity index (χ1) is 8.36. The number of hydrogen-bond acceptors (Lipinski definition) is 6. The molecular formula is C12H22O4S2. The van der Waals surface area contributed by atoms with Gasteiger partial charge < -0.3 is 9.47 Å². The van der Waals surface area contributed by atoms with Crippen molar-refractivity contribution in [1.82, 2.24) is 0 Å². The molecule has 0 aromatic rings. The molecule has 0 amide bonds. The van der Waals surface area contributed by atoms with Crippen LogP contribution in [0.2, 0.25) is 0 Å². The maximum absolute atomic E-state index is 10.4. The Morgan fingerprint density at radius 3 is 1.17 bits per heavy atom.